The van der Waals surface area contributed by atoms with Gasteiger partial charge in [0.15, 0.2) is 5.15 Å². The second kappa shape index (κ2) is 7.56. The molecule has 0 atom stereocenters. The van der Waals surface area contributed by atoms with E-state index in [9.17, 15) is 9.18 Å². The predicted molar refractivity (Wildman–Crippen MR) is 107 cm³/mol. The minimum absolute atomic E-state index is 0.244. The molecular weight excluding hydrogens is 367 g/mol. The van der Waals surface area contributed by atoms with Crippen molar-refractivity contribution < 1.29 is 4.39 Å². The van der Waals surface area contributed by atoms with Crippen LogP contribution in [0.4, 0.5) is 15.8 Å². The molecule has 0 spiro atoms. The lowest BCUT2D eigenvalue weighted by Gasteiger charge is -2.30. The first-order valence-corrected chi connectivity index (χ1v) is 9.45. The van der Waals surface area contributed by atoms with Crippen LogP contribution in [0.2, 0.25) is 5.15 Å². The largest absolute Gasteiger partial charge is 0.381 e. The highest BCUT2D eigenvalue weighted by molar-refractivity contribution is 6.34. The van der Waals surface area contributed by atoms with Gasteiger partial charge < -0.3 is 10.2 Å². The van der Waals surface area contributed by atoms with Crippen molar-refractivity contribution in [1.82, 2.24) is 10.2 Å². The fourth-order valence-electron chi connectivity index (χ4n) is 3.58. The molecular formula is C20H20ClFN4O. The van der Waals surface area contributed by atoms with Crippen LogP contribution in [0.5, 0.6) is 0 Å². The molecule has 1 aliphatic heterocycles. The van der Waals surface area contributed by atoms with Crippen molar-refractivity contribution in [1.29, 1.82) is 0 Å². The highest BCUT2D eigenvalue weighted by Crippen LogP contribution is 2.27. The number of aromatic amines is 1. The van der Waals surface area contributed by atoms with Gasteiger partial charge in [0.25, 0.3) is 5.56 Å². The molecule has 27 heavy (non-hydrogen) atoms. The number of nitrogens with one attached hydrogen (secondary N) is 2. The van der Waals surface area contributed by atoms with E-state index in [4.69, 9.17) is 11.6 Å². The van der Waals surface area contributed by atoms with Crippen LogP contribution in [0, 0.1) is 5.82 Å². The van der Waals surface area contributed by atoms with Crippen molar-refractivity contribution in [3.63, 3.8) is 0 Å². The molecule has 1 aliphatic rings. The van der Waals surface area contributed by atoms with Crippen molar-refractivity contribution in [2.45, 2.75) is 25.8 Å². The molecule has 3 aromatic rings. The fourth-order valence-corrected chi connectivity index (χ4v) is 3.78. The Hall–Kier alpha value is -2.60. The Morgan fingerprint density at radius 2 is 1.93 bits per heavy atom. The molecule has 1 fully saturated rings. The smallest absolute Gasteiger partial charge is 0.272 e. The van der Waals surface area contributed by atoms with Crippen LogP contribution in [-0.4, -0.2) is 23.3 Å². The summed E-state index contributed by atoms with van der Waals surface area (Å²) >= 11 is 6.10. The molecule has 0 radical (unpaired) electrons. The highest BCUT2D eigenvalue weighted by Gasteiger charge is 2.15. The van der Waals surface area contributed by atoms with Gasteiger partial charge in [0, 0.05) is 36.4 Å². The predicted octanol–water partition coefficient (Wildman–Crippen LogP) is 4.32. The van der Waals surface area contributed by atoms with E-state index >= 15 is 0 Å². The van der Waals surface area contributed by atoms with Gasteiger partial charge in [0.2, 0.25) is 0 Å². The molecule has 0 aliphatic carbocycles. The quantitative estimate of drug-likeness (QED) is 0.701. The van der Waals surface area contributed by atoms with Crippen LogP contribution in [-0.2, 0) is 6.54 Å². The molecule has 0 unspecified atom stereocenters. The summed E-state index contributed by atoms with van der Waals surface area (Å²) < 4.78 is 13.8. The molecule has 0 amide bonds. The number of H-pyrrole nitrogens is 1. The maximum absolute atomic E-state index is 13.8. The molecule has 1 saturated heterocycles. The standard InChI is InChI=1S/C20H20ClFN4O/c21-19-17-11-15(5-6-16(17)20(27)25-24-19)23-12-13-10-14(22)4-7-18(13)26-8-2-1-3-9-26/h4-7,10-11,23H,1-3,8-9,12H2,(H,25,27). The van der Waals surface area contributed by atoms with E-state index in [1.807, 2.05) is 12.1 Å². The van der Waals surface area contributed by atoms with Crippen LogP contribution in [0.1, 0.15) is 24.8 Å². The molecule has 0 bridgehead atoms. The van der Waals surface area contributed by atoms with Crippen LogP contribution in [0.15, 0.2) is 41.2 Å². The van der Waals surface area contributed by atoms with Gasteiger partial charge in [-0.25, -0.2) is 9.49 Å². The summed E-state index contributed by atoms with van der Waals surface area (Å²) in [4.78, 5) is 14.2. The third kappa shape index (κ3) is 3.76. The van der Waals surface area contributed by atoms with Gasteiger partial charge >= 0.3 is 0 Å². The normalized spacial score (nSPS) is 14.5. The van der Waals surface area contributed by atoms with Gasteiger partial charge in [-0.05, 0) is 61.2 Å². The van der Waals surface area contributed by atoms with Crippen LogP contribution >= 0.6 is 11.6 Å². The van der Waals surface area contributed by atoms with Gasteiger partial charge in [-0.15, -0.1) is 0 Å². The summed E-state index contributed by atoms with van der Waals surface area (Å²) in [5, 5.41) is 10.8. The monoisotopic (exact) mass is 386 g/mol. The second-order valence-electron chi connectivity index (χ2n) is 6.78. The summed E-state index contributed by atoms with van der Waals surface area (Å²) in [5.74, 6) is -0.246. The van der Waals surface area contributed by atoms with E-state index in [2.05, 4.69) is 20.4 Å². The van der Waals surface area contributed by atoms with Crippen LogP contribution in [0.3, 0.4) is 0 Å². The van der Waals surface area contributed by atoms with E-state index in [1.54, 1.807) is 18.2 Å². The van der Waals surface area contributed by atoms with E-state index < -0.39 is 0 Å². The van der Waals surface area contributed by atoms with Crippen molar-refractivity contribution in [3.05, 3.63) is 63.3 Å². The zero-order chi connectivity index (χ0) is 18.8. The number of piperidine rings is 1. The average Bonchev–Trinajstić information content (AvgIpc) is 2.70. The zero-order valence-electron chi connectivity index (χ0n) is 14.8. The molecule has 0 saturated carbocycles. The Morgan fingerprint density at radius 1 is 1.11 bits per heavy atom. The summed E-state index contributed by atoms with van der Waals surface area (Å²) in [6, 6.07) is 10.3. The number of anilines is 2. The maximum atomic E-state index is 13.8. The number of aromatic nitrogens is 2. The number of hydrogen-bond acceptors (Lipinski definition) is 4. The van der Waals surface area contributed by atoms with Crippen LogP contribution in [0.25, 0.3) is 10.8 Å². The summed E-state index contributed by atoms with van der Waals surface area (Å²) in [6.07, 6.45) is 3.57. The van der Waals surface area contributed by atoms with E-state index in [-0.39, 0.29) is 16.5 Å². The van der Waals surface area contributed by atoms with Crippen molar-refractivity contribution in [3.8, 4) is 0 Å². The third-order valence-electron chi connectivity index (χ3n) is 4.96. The minimum atomic E-state index is -0.279. The number of halogens is 2. The molecule has 2 aromatic carbocycles. The van der Waals surface area contributed by atoms with Crippen molar-refractivity contribution in [2.75, 3.05) is 23.3 Å². The van der Waals surface area contributed by atoms with Crippen LogP contribution < -0.4 is 15.8 Å². The second-order valence-corrected chi connectivity index (χ2v) is 7.14. The molecule has 2 heterocycles. The fraction of sp³-hybridized carbons (Fsp3) is 0.300. The Morgan fingerprint density at radius 3 is 2.74 bits per heavy atom. The van der Waals surface area contributed by atoms with Gasteiger partial charge in [-0.1, -0.05) is 11.6 Å². The molecule has 2 N–H and O–H groups in total. The molecule has 5 nitrogen and oxygen atoms in total. The SMILES string of the molecule is O=c1[nH]nc(Cl)c2cc(NCc3cc(F)ccc3N3CCCCC3)ccc12. The Kier molecular flexibility index (Phi) is 4.99. The first-order chi connectivity index (χ1) is 13.1. The Bertz CT molecular complexity index is 1030. The van der Waals surface area contributed by atoms with Gasteiger partial charge in [0.1, 0.15) is 5.82 Å². The topological polar surface area (TPSA) is 61.0 Å². The molecule has 1 aromatic heterocycles. The van der Waals surface area contributed by atoms with Crippen molar-refractivity contribution >= 4 is 33.7 Å². The summed E-state index contributed by atoms with van der Waals surface area (Å²) in [7, 11) is 0. The number of hydrogen-bond donors (Lipinski definition) is 2. The molecule has 4 rings (SSSR count). The number of rotatable bonds is 4. The number of benzene rings is 2. The average molecular weight is 387 g/mol. The lowest BCUT2D eigenvalue weighted by Crippen LogP contribution is -2.30. The van der Waals surface area contributed by atoms with E-state index in [0.29, 0.717) is 17.3 Å². The van der Waals surface area contributed by atoms with E-state index in [0.717, 1.165) is 42.9 Å². The maximum Gasteiger partial charge on any atom is 0.272 e. The Labute approximate surface area is 161 Å². The lowest BCUT2D eigenvalue weighted by molar-refractivity contribution is 0.574. The van der Waals surface area contributed by atoms with Crippen molar-refractivity contribution in [2.24, 2.45) is 0 Å². The van der Waals surface area contributed by atoms with E-state index in [1.165, 1.54) is 12.5 Å². The van der Waals surface area contributed by atoms with Gasteiger partial charge in [-0.2, -0.15) is 5.10 Å². The zero-order valence-corrected chi connectivity index (χ0v) is 15.5. The number of nitrogens with zero attached hydrogens (tertiary/aromatic N) is 2. The number of fused-ring (bicyclic) bond motifs is 1. The van der Waals surface area contributed by atoms with Gasteiger partial charge in [0.05, 0.1) is 5.39 Å². The molecule has 140 valence electrons. The third-order valence-corrected chi connectivity index (χ3v) is 5.25. The summed E-state index contributed by atoms with van der Waals surface area (Å²) in [5.41, 5.74) is 2.50. The highest BCUT2D eigenvalue weighted by atomic mass is 35.5. The minimum Gasteiger partial charge on any atom is -0.381 e. The summed E-state index contributed by atoms with van der Waals surface area (Å²) in [6.45, 7) is 2.47. The molecule has 7 heteroatoms. The first-order valence-electron chi connectivity index (χ1n) is 9.07. The first kappa shape index (κ1) is 17.8. The Balaban J connectivity index is 1.60. The lowest BCUT2D eigenvalue weighted by atomic mass is 10.1. The van der Waals surface area contributed by atoms with Gasteiger partial charge in [-0.3, -0.25) is 4.79 Å².